The Labute approximate surface area is 384 Å². The molecule has 0 saturated carbocycles. The number of carbonyl (C=O) groups excluding carboxylic acids is 12. The van der Waals surface area contributed by atoms with E-state index in [9.17, 15) is 57.5 Å². The third kappa shape index (κ3) is 18.1. The molecular formula is C45H51N7O15. The van der Waals surface area contributed by atoms with E-state index in [1.165, 1.54) is 94.1 Å². The van der Waals surface area contributed by atoms with Crippen molar-refractivity contribution in [2.24, 2.45) is 0 Å². The Balaban J connectivity index is 1.69. The number of methoxy groups -OCH3 is 3. The van der Waals surface area contributed by atoms with Crippen LogP contribution in [0.3, 0.4) is 0 Å². The van der Waals surface area contributed by atoms with E-state index < -0.39 is 70.7 Å². The van der Waals surface area contributed by atoms with Crippen LogP contribution in [0, 0.1) is 0 Å². The summed E-state index contributed by atoms with van der Waals surface area (Å²) in [5, 5.41) is 15.0. The molecule has 0 aromatic heterocycles. The summed E-state index contributed by atoms with van der Waals surface area (Å²) in [6, 6.07) is 17.2. The normalized spacial score (nSPS) is 10.4. The van der Waals surface area contributed by atoms with Crippen molar-refractivity contribution in [2.45, 2.75) is 38.5 Å². The third-order valence-electron chi connectivity index (χ3n) is 9.45. The fourth-order valence-corrected chi connectivity index (χ4v) is 5.89. The van der Waals surface area contributed by atoms with Gasteiger partial charge in [0.1, 0.15) is 0 Å². The highest BCUT2D eigenvalue weighted by molar-refractivity contribution is 6.45. The molecule has 6 amide bonds. The van der Waals surface area contributed by atoms with Gasteiger partial charge in [0.2, 0.25) is 17.7 Å². The van der Waals surface area contributed by atoms with Crippen LogP contribution in [0.2, 0.25) is 0 Å². The number of ether oxygens (including phenoxy) is 3. The van der Waals surface area contributed by atoms with Gasteiger partial charge in [-0.2, -0.15) is 0 Å². The maximum Gasteiger partial charge on any atom is 0.306 e. The Morgan fingerprint density at radius 3 is 0.896 bits per heavy atom. The average Bonchev–Trinajstić information content (AvgIpc) is 3.33. The summed E-state index contributed by atoms with van der Waals surface area (Å²) in [7, 11) is 3.52. The number of rotatable bonds is 27. The Bertz CT molecular complexity index is 2090. The van der Waals surface area contributed by atoms with Crippen molar-refractivity contribution in [1.82, 2.24) is 20.9 Å². The van der Waals surface area contributed by atoms with Gasteiger partial charge in [-0.1, -0.05) is 36.4 Å². The summed E-state index contributed by atoms with van der Waals surface area (Å²) in [5.41, 5.74) is -0.307. The number of hydrogen-bond acceptors (Lipinski definition) is 16. The number of nitrogens with zero attached hydrogens (tertiary/aromatic N) is 1. The van der Waals surface area contributed by atoms with E-state index in [1.807, 2.05) is 0 Å². The fraction of sp³-hybridized carbons (Fsp3) is 0.333. The van der Waals surface area contributed by atoms with Crippen LogP contribution in [0.1, 0.15) is 69.6 Å². The third-order valence-corrected chi connectivity index (χ3v) is 9.45. The maximum absolute atomic E-state index is 13.2. The largest absolute Gasteiger partial charge is 0.469 e. The number of Topliss-reactive ketones (excluding diaryl/α,β-unsaturated/α-hetero) is 3. The standard InChI is InChI=1S/C45H51N7O15/c1-65-37(56)19-16-34(53)49-31-13-7-4-10-28(31)40(59)43(62)46-22-25-52(26-23-47-44(63)41(60)29-11-5-8-14-32(29)50-35(54)17-20-38(57)66-2)27-24-48-45(64)42(61)30-12-6-9-15-33(30)51-36(55)18-21-39(58)67-3/h4-15H,16-27H2,1-3H3,(H,46,62)(H,47,63)(H,48,64)(H,49,53)(H,50,54)(H,51,55). The number of nitrogens with one attached hydrogen (secondary N) is 6. The van der Waals surface area contributed by atoms with Crippen molar-refractivity contribution in [3.63, 3.8) is 0 Å². The molecule has 0 radical (unpaired) electrons. The summed E-state index contributed by atoms with van der Waals surface area (Å²) in [4.78, 5) is 152. The summed E-state index contributed by atoms with van der Waals surface area (Å²) < 4.78 is 13.6. The van der Waals surface area contributed by atoms with Gasteiger partial charge in [0.05, 0.1) is 74.3 Å². The average molecular weight is 930 g/mol. The van der Waals surface area contributed by atoms with Crippen molar-refractivity contribution in [3.05, 3.63) is 89.5 Å². The van der Waals surface area contributed by atoms with Crippen LogP contribution < -0.4 is 31.9 Å². The van der Waals surface area contributed by atoms with Gasteiger partial charge in [-0.25, -0.2) is 0 Å². The van der Waals surface area contributed by atoms with E-state index in [-0.39, 0.29) is 112 Å². The summed E-state index contributed by atoms with van der Waals surface area (Å²) in [6.45, 7) is -0.489. The Morgan fingerprint density at radius 2 is 0.642 bits per heavy atom. The molecule has 3 aromatic carbocycles. The lowest BCUT2D eigenvalue weighted by molar-refractivity contribution is -0.142. The minimum absolute atomic E-state index is 0.000553. The summed E-state index contributed by atoms with van der Waals surface area (Å²) in [6.07, 6.45) is -1.35. The smallest absolute Gasteiger partial charge is 0.306 e. The zero-order valence-electron chi connectivity index (χ0n) is 37.0. The van der Waals surface area contributed by atoms with Gasteiger partial charge < -0.3 is 46.1 Å². The number of anilines is 3. The predicted octanol–water partition coefficient (Wildman–Crippen LogP) is 0.961. The maximum atomic E-state index is 13.2. The molecule has 67 heavy (non-hydrogen) atoms. The van der Waals surface area contributed by atoms with E-state index in [1.54, 1.807) is 4.90 Å². The van der Waals surface area contributed by atoms with E-state index in [2.05, 4.69) is 46.1 Å². The van der Waals surface area contributed by atoms with Crippen molar-refractivity contribution < 1.29 is 71.7 Å². The molecule has 0 unspecified atom stereocenters. The number of carbonyl (C=O) groups is 12. The second-order valence-electron chi connectivity index (χ2n) is 14.1. The Hall–Kier alpha value is -8.14. The molecule has 0 aliphatic rings. The van der Waals surface area contributed by atoms with Crippen LogP contribution in [-0.4, -0.2) is 136 Å². The molecule has 0 saturated heterocycles. The molecule has 0 aliphatic carbocycles. The van der Waals surface area contributed by atoms with E-state index >= 15 is 0 Å². The van der Waals surface area contributed by atoms with Crippen LogP contribution in [0.4, 0.5) is 17.1 Å². The molecule has 0 bridgehead atoms. The van der Waals surface area contributed by atoms with Crippen LogP contribution in [0.25, 0.3) is 0 Å². The van der Waals surface area contributed by atoms with Gasteiger partial charge in [-0.15, -0.1) is 0 Å². The molecule has 0 atom stereocenters. The van der Waals surface area contributed by atoms with Gasteiger partial charge in [0.25, 0.3) is 35.1 Å². The van der Waals surface area contributed by atoms with Crippen molar-refractivity contribution in [2.75, 3.05) is 76.5 Å². The molecule has 22 heteroatoms. The highest BCUT2D eigenvalue weighted by atomic mass is 16.5. The number of amides is 6. The van der Waals surface area contributed by atoms with Gasteiger partial charge in [0.15, 0.2) is 0 Å². The molecule has 3 rings (SSSR count). The van der Waals surface area contributed by atoms with Crippen LogP contribution in [0.15, 0.2) is 72.8 Å². The first kappa shape index (κ1) is 53.2. The fourth-order valence-electron chi connectivity index (χ4n) is 5.89. The number of ketones is 3. The highest BCUT2D eigenvalue weighted by Crippen LogP contribution is 2.19. The predicted molar refractivity (Wildman–Crippen MR) is 237 cm³/mol. The second-order valence-corrected chi connectivity index (χ2v) is 14.1. The first-order valence-electron chi connectivity index (χ1n) is 20.6. The highest BCUT2D eigenvalue weighted by Gasteiger charge is 2.24. The molecule has 0 aliphatic heterocycles. The minimum Gasteiger partial charge on any atom is -0.469 e. The molecule has 6 N–H and O–H groups in total. The molecule has 0 fully saturated rings. The summed E-state index contributed by atoms with van der Waals surface area (Å²) in [5.74, 6) is -9.75. The number of para-hydroxylation sites is 3. The van der Waals surface area contributed by atoms with Gasteiger partial charge in [-0.05, 0) is 36.4 Å². The van der Waals surface area contributed by atoms with Crippen LogP contribution in [-0.2, 0) is 57.4 Å². The number of hydrogen-bond donors (Lipinski definition) is 6. The zero-order valence-corrected chi connectivity index (χ0v) is 37.0. The topological polar surface area (TPSA) is 308 Å². The second kappa shape index (κ2) is 27.9. The number of benzene rings is 3. The van der Waals surface area contributed by atoms with Crippen LogP contribution in [0.5, 0.6) is 0 Å². The van der Waals surface area contributed by atoms with Gasteiger partial charge in [-0.3, -0.25) is 62.4 Å². The first-order valence-corrected chi connectivity index (χ1v) is 20.6. The number of esters is 3. The minimum atomic E-state index is -1.04. The lowest BCUT2D eigenvalue weighted by atomic mass is 10.1. The monoisotopic (exact) mass is 929 g/mol. The van der Waals surface area contributed by atoms with E-state index in [0.29, 0.717) is 0 Å². The molecule has 0 spiro atoms. The van der Waals surface area contributed by atoms with Gasteiger partial charge in [0, 0.05) is 58.5 Å². The molecule has 0 heterocycles. The molecule has 3 aromatic rings. The zero-order chi connectivity index (χ0) is 49.3. The van der Waals surface area contributed by atoms with Crippen molar-refractivity contribution >= 4 is 87.8 Å². The molecular weight excluding hydrogens is 879 g/mol. The first-order chi connectivity index (χ1) is 32.1. The van der Waals surface area contributed by atoms with E-state index in [0.717, 1.165) is 0 Å². The van der Waals surface area contributed by atoms with Gasteiger partial charge >= 0.3 is 17.9 Å². The lowest BCUT2D eigenvalue weighted by Crippen LogP contribution is -2.45. The lowest BCUT2D eigenvalue weighted by Gasteiger charge is -2.23. The Kier molecular flexibility index (Phi) is 22.2. The quantitative estimate of drug-likeness (QED) is 0.0268. The Morgan fingerprint density at radius 1 is 0.388 bits per heavy atom. The molecule has 356 valence electrons. The van der Waals surface area contributed by atoms with E-state index in [4.69, 9.17) is 0 Å². The SMILES string of the molecule is COC(=O)CCC(=O)Nc1ccccc1C(=O)C(=O)NCCN(CCNC(=O)C(=O)c1ccccc1NC(=O)CCC(=O)OC)CCNC(=O)C(=O)c1ccccc1NC(=O)CCC(=O)OC. The molecule has 22 nitrogen and oxygen atoms in total. The van der Waals surface area contributed by atoms with Crippen molar-refractivity contribution in [3.8, 4) is 0 Å². The van der Waals surface area contributed by atoms with Crippen LogP contribution >= 0.6 is 0 Å². The van der Waals surface area contributed by atoms with Crippen molar-refractivity contribution in [1.29, 1.82) is 0 Å². The summed E-state index contributed by atoms with van der Waals surface area (Å²) >= 11 is 0.